The Morgan fingerprint density at radius 2 is 1.88 bits per heavy atom. The summed E-state index contributed by atoms with van der Waals surface area (Å²) in [5.41, 5.74) is 0. The van der Waals surface area contributed by atoms with Crippen molar-refractivity contribution in [2.75, 3.05) is 32.7 Å². The number of hydrazone groups is 1. The molecule has 14 heteroatoms. The van der Waals surface area contributed by atoms with Crippen molar-refractivity contribution >= 4 is 45.0 Å². The Hall–Kier alpha value is -3.91. The summed E-state index contributed by atoms with van der Waals surface area (Å²) in [6.45, 7) is 1.90. The second-order valence-electron chi connectivity index (χ2n) is 10.5. The minimum absolute atomic E-state index is 0.0157. The van der Waals surface area contributed by atoms with Gasteiger partial charge in [0.2, 0.25) is 21.8 Å². The van der Waals surface area contributed by atoms with Gasteiger partial charge in [0.15, 0.2) is 0 Å². The Balaban J connectivity index is 1.49. The standard InChI is InChI=1S/C27H37N7O6S/c28-31-18-33-12-3-4-19(17-33)16-30-25(35)15-24(26(36)34(22-8-9-22)13-11-29-27(37)38)32-41(39,40)23-10-7-20-5-1-2-6-21(20)14-23/h1-2,5-7,10,14,18-19,22,24,29,32H,3-4,8-9,11-13,15-17,28H2,(H,30,35)(H,37,38)/t19-,24-/m0/s1. The molecule has 1 heterocycles. The third-order valence-electron chi connectivity index (χ3n) is 7.28. The van der Waals surface area contributed by atoms with Crippen LogP contribution in [0.2, 0.25) is 0 Å². The molecular weight excluding hydrogens is 550 g/mol. The summed E-state index contributed by atoms with van der Waals surface area (Å²) in [6, 6.07) is 10.5. The zero-order valence-electron chi connectivity index (χ0n) is 22.7. The molecule has 6 N–H and O–H groups in total. The number of amides is 3. The highest BCUT2D eigenvalue weighted by atomic mass is 32.2. The van der Waals surface area contributed by atoms with Crippen LogP contribution in [-0.4, -0.2) is 92.4 Å². The second-order valence-corrected chi connectivity index (χ2v) is 12.2. The van der Waals surface area contributed by atoms with E-state index >= 15 is 0 Å². The van der Waals surface area contributed by atoms with Crippen molar-refractivity contribution in [3.05, 3.63) is 42.5 Å². The molecule has 4 rings (SSSR count). The number of benzene rings is 2. The van der Waals surface area contributed by atoms with Crippen LogP contribution in [0.25, 0.3) is 10.8 Å². The molecule has 1 aliphatic heterocycles. The SMILES string of the molecule is NN=CN1CCC[C@@H](CNC(=O)C[C@H](NS(=O)(=O)c2ccc3ccccc3c2)C(=O)N(CCNC(=O)O)C2CC2)C1. The monoisotopic (exact) mass is 587 g/mol. The summed E-state index contributed by atoms with van der Waals surface area (Å²) in [5, 5.41) is 19.2. The van der Waals surface area contributed by atoms with Gasteiger partial charge in [-0.05, 0) is 54.5 Å². The van der Waals surface area contributed by atoms with Crippen molar-refractivity contribution in [3.63, 3.8) is 0 Å². The van der Waals surface area contributed by atoms with Gasteiger partial charge in [0.1, 0.15) is 12.4 Å². The summed E-state index contributed by atoms with van der Waals surface area (Å²) < 4.78 is 29.4. The Kier molecular flexibility index (Phi) is 10.00. The highest BCUT2D eigenvalue weighted by Gasteiger charge is 2.38. The summed E-state index contributed by atoms with van der Waals surface area (Å²) in [6.07, 6.45) is 3.20. The topological polar surface area (TPSA) is 187 Å². The van der Waals surface area contributed by atoms with Gasteiger partial charge in [-0.1, -0.05) is 30.3 Å². The number of carbonyl (C=O) groups excluding carboxylic acids is 2. The van der Waals surface area contributed by atoms with E-state index in [0.29, 0.717) is 13.1 Å². The molecule has 2 atom stereocenters. The number of carboxylic acid groups (broad SMARTS) is 1. The van der Waals surface area contributed by atoms with Crippen LogP contribution in [0.4, 0.5) is 4.79 Å². The van der Waals surface area contributed by atoms with E-state index in [-0.39, 0.29) is 29.9 Å². The van der Waals surface area contributed by atoms with Gasteiger partial charge in [-0.25, -0.2) is 13.2 Å². The van der Waals surface area contributed by atoms with Crippen LogP contribution in [0, 0.1) is 5.92 Å². The van der Waals surface area contributed by atoms with Crippen molar-refractivity contribution in [2.24, 2.45) is 16.9 Å². The fourth-order valence-corrected chi connectivity index (χ4v) is 6.31. The maximum absolute atomic E-state index is 13.7. The van der Waals surface area contributed by atoms with Gasteiger partial charge in [0.25, 0.3) is 0 Å². The number of hydrogen-bond acceptors (Lipinski definition) is 7. The number of fused-ring (bicyclic) bond motifs is 1. The molecule has 0 unspecified atom stereocenters. The fourth-order valence-electron chi connectivity index (χ4n) is 5.09. The molecule has 0 bridgehead atoms. The number of piperidine rings is 1. The van der Waals surface area contributed by atoms with Crippen molar-refractivity contribution < 1.29 is 27.9 Å². The Morgan fingerprint density at radius 3 is 2.59 bits per heavy atom. The third-order valence-corrected chi connectivity index (χ3v) is 8.75. The van der Waals surface area contributed by atoms with Crippen LogP contribution >= 0.6 is 0 Å². The average molecular weight is 588 g/mol. The highest BCUT2D eigenvalue weighted by Crippen LogP contribution is 2.28. The average Bonchev–Trinajstić information content (AvgIpc) is 3.79. The van der Waals surface area contributed by atoms with Crippen LogP contribution in [0.1, 0.15) is 32.1 Å². The van der Waals surface area contributed by atoms with Crippen molar-refractivity contribution in [2.45, 2.75) is 49.1 Å². The lowest BCUT2D eigenvalue weighted by atomic mass is 9.98. The maximum Gasteiger partial charge on any atom is 0.404 e. The minimum Gasteiger partial charge on any atom is -0.465 e. The van der Waals surface area contributed by atoms with Gasteiger partial charge < -0.3 is 31.4 Å². The van der Waals surface area contributed by atoms with Gasteiger partial charge in [-0.15, -0.1) is 0 Å². The molecule has 41 heavy (non-hydrogen) atoms. The number of nitrogens with one attached hydrogen (secondary N) is 3. The fraction of sp³-hybridized carbons (Fsp3) is 0.481. The largest absolute Gasteiger partial charge is 0.465 e. The molecule has 13 nitrogen and oxygen atoms in total. The Bertz CT molecular complexity index is 1380. The lowest BCUT2D eigenvalue weighted by Gasteiger charge is -2.31. The molecule has 3 amide bonds. The Labute approximate surface area is 239 Å². The lowest BCUT2D eigenvalue weighted by Crippen LogP contribution is -2.52. The first kappa shape index (κ1) is 30.1. The van der Waals surface area contributed by atoms with Crippen LogP contribution in [0.5, 0.6) is 0 Å². The Morgan fingerprint density at radius 1 is 1.12 bits per heavy atom. The zero-order chi connectivity index (χ0) is 29.4. The zero-order valence-corrected chi connectivity index (χ0v) is 23.6. The van der Waals surface area contributed by atoms with Gasteiger partial charge in [0, 0.05) is 38.8 Å². The van der Waals surface area contributed by atoms with Crippen LogP contribution < -0.4 is 21.2 Å². The minimum atomic E-state index is -4.18. The maximum atomic E-state index is 13.7. The molecule has 0 aromatic heterocycles. The van der Waals surface area contributed by atoms with E-state index in [4.69, 9.17) is 10.9 Å². The van der Waals surface area contributed by atoms with Crippen LogP contribution in [0.3, 0.4) is 0 Å². The first-order valence-electron chi connectivity index (χ1n) is 13.7. The van der Waals surface area contributed by atoms with E-state index < -0.39 is 40.4 Å². The lowest BCUT2D eigenvalue weighted by molar-refractivity contribution is -0.136. The van der Waals surface area contributed by atoms with E-state index in [2.05, 4.69) is 20.5 Å². The molecule has 2 fully saturated rings. The predicted molar refractivity (Wildman–Crippen MR) is 153 cm³/mol. The molecule has 0 spiro atoms. The van der Waals surface area contributed by atoms with Crippen LogP contribution in [-0.2, 0) is 19.6 Å². The van der Waals surface area contributed by atoms with E-state index in [0.717, 1.165) is 43.0 Å². The van der Waals surface area contributed by atoms with Gasteiger partial charge >= 0.3 is 6.09 Å². The molecule has 2 aliphatic rings. The van der Waals surface area contributed by atoms with E-state index in [1.807, 2.05) is 17.0 Å². The number of nitrogens with zero attached hydrogens (tertiary/aromatic N) is 3. The first-order valence-corrected chi connectivity index (χ1v) is 15.2. The summed E-state index contributed by atoms with van der Waals surface area (Å²) in [4.78, 5) is 41.1. The van der Waals surface area contributed by atoms with Crippen molar-refractivity contribution in [3.8, 4) is 0 Å². The summed E-state index contributed by atoms with van der Waals surface area (Å²) in [5.74, 6) is 4.38. The molecule has 1 saturated carbocycles. The molecule has 2 aromatic rings. The van der Waals surface area contributed by atoms with Crippen LogP contribution in [0.15, 0.2) is 52.5 Å². The first-order chi connectivity index (χ1) is 19.7. The van der Waals surface area contributed by atoms with Crippen molar-refractivity contribution in [1.29, 1.82) is 0 Å². The summed E-state index contributed by atoms with van der Waals surface area (Å²) >= 11 is 0. The molecule has 1 aliphatic carbocycles. The number of rotatable bonds is 13. The number of carbonyl (C=O) groups is 3. The number of hydrogen-bond donors (Lipinski definition) is 5. The summed E-state index contributed by atoms with van der Waals surface area (Å²) in [7, 11) is -4.18. The number of sulfonamides is 1. The third kappa shape index (κ3) is 8.54. The van der Waals surface area contributed by atoms with E-state index in [9.17, 15) is 22.8 Å². The number of nitrogens with two attached hydrogens (primary N) is 1. The molecule has 2 aromatic carbocycles. The number of likely N-dealkylation sites (tertiary alicyclic amines) is 1. The normalized spacial score (nSPS) is 18.2. The van der Waals surface area contributed by atoms with E-state index in [1.165, 1.54) is 17.0 Å². The molecular formula is C27H37N7O6S. The molecule has 1 saturated heterocycles. The molecule has 0 radical (unpaired) electrons. The quantitative estimate of drug-likeness (QED) is 0.0988. The van der Waals surface area contributed by atoms with Crippen molar-refractivity contribution in [1.82, 2.24) is 25.2 Å². The highest BCUT2D eigenvalue weighted by molar-refractivity contribution is 7.89. The predicted octanol–water partition coefficient (Wildman–Crippen LogP) is 0.866. The molecule has 222 valence electrons. The van der Waals surface area contributed by atoms with Gasteiger partial charge in [-0.2, -0.15) is 9.82 Å². The second kappa shape index (κ2) is 13.6. The van der Waals surface area contributed by atoms with E-state index in [1.54, 1.807) is 24.5 Å². The van der Waals surface area contributed by atoms with Gasteiger partial charge in [0.05, 0.1) is 11.3 Å². The van der Waals surface area contributed by atoms with Gasteiger partial charge in [-0.3, -0.25) is 9.59 Å². The smallest absolute Gasteiger partial charge is 0.404 e.